The number of nitrogens with zero attached hydrogens (tertiary/aromatic N) is 1. The smallest absolute Gasteiger partial charge is 0.151 e. The zero-order chi connectivity index (χ0) is 8.10. The van der Waals surface area contributed by atoms with Crippen LogP contribution < -0.4 is 10.6 Å². The molecule has 0 unspecified atom stereocenters. The zero-order valence-electron chi connectivity index (χ0n) is 6.84. The molecule has 4 heteroatoms. The molecule has 0 atom stereocenters. The maximum absolute atomic E-state index is 10.3. The number of hydrogen-bond acceptors (Lipinski definition) is 4. The molecule has 0 amide bonds. The highest BCUT2D eigenvalue weighted by molar-refractivity contribution is 5.56. The molecule has 1 aliphatic rings. The predicted octanol–water partition coefficient (Wildman–Crippen LogP) is -0.669. The number of rotatable bonds is 3. The molecule has 0 bridgehead atoms. The Balaban J connectivity index is 2.18. The van der Waals surface area contributed by atoms with Crippen molar-refractivity contribution in [3.63, 3.8) is 0 Å². The van der Waals surface area contributed by atoms with Gasteiger partial charge in [0.1, 0.15) is 6.17 Å². The fourth-order valence-electron chi connectivity index (χ4n) is 1.15. The number of nitrogens with one attached hydrogen (secondary N) is 2. The van der Waals surface area contributed by atoms with Gasteiger partial charge in [0.15, 0.2) is 6.29 Å². The van der Waals surface area contributed by atoms with Crippen molar-refractivity contribution in [1.82, 2.24) is 15.5 Å². The van der Waals surface area contributed by atoms with Gasteiger partial charge >= 0.3 is 0 Å². The van der Waals surface area contributed by atoms with Gasteiger partial charge < -0.3 is 4.79 Å². The van der Waals surface area contributed by atoms with E-state index in [1.807, 2.05) is 0 Å². The molecule has 1 rings (SSSR count). The van der Waals surface area contributed by atoms with Crippen LogP contribution in [0.3, 0.4) is 0 Å². The van der Waals surface area contributed by atoms with Gasteiger partial charge in [-0.15, -0.1) is 0 Å². The van der Waals surface area contributed by atoms with Crippen LogP contribution in [0, 0.1) is 0 Å². The van der Waals surface area contributed by atoms with Crippen molar-refractivity contribution in [2.24, 2.45) is 0 Å². The molecule has 0 aromatic heterocycles. The molecule has 0 aromatic rings. The molecule has 1 saturated heterocycles. The quantitative estimate of drug-likeness (QED) is 0.533. The molecular formula is C7H15N3O. The van der Waals surface area contributed by atoms with Crippen molar-refractivity contribution in [3.8, 4) is 0 Å². The molecule has 2 N–H and O–H groups in total. The molecular weight excluding hydrogens is 142 g/mol. The summed E-state index contributed by atoms with van der Waals surface area (Å²) < 4.78 is 0. The fourth-order valence-corrected chi connectivity index (χ4v) is 1.15. The van der Waals surface area contributed by atoms with Crippen molar-refractivity contribution in [2.45, 2.75) is 19.5 Å². The number of carbonyl (C=O) groups excluding carboxylic acids is 1. The van der Waals surface area contributed by atoms with Crippen LogP contribution in [0.2, 0.25) is 0 Å². The molecule has 0 saturated carbocycles. The van der Waals surface area contributed by atoms with Crippen LogP contribution in [0.1, 0.15) is 13.3 Å². The minimum Gasteiger partial charge on any atom is -0.300 e. The van der Waals surface area contributed by atoms with Gasteiger partial charge in [0, 0.05) is 6.54 Å². The molecule has 4 nitrogen and oxygen atoms in total. The third-order valence-electron chi connectivity index (χ3n) is 1.75. The summed E-state index contributed by atoms with van der Waals surface area (Å²) in [7, 11) is 0. The largest absolute Gasteiger partial charge is 0.300 e. The van der Waals surface area contributed by atoms with Gasteiger partial charge in [-0.2, -0.15) is 0 Å². The zero-order valence-corrected chi connectivity index (χ0v) is 6.84. The highest BCUT2D eigenvalue weighted by Crippen LogP contribution is 1.92. The molecule has 0 spiro atoms. The van der Waals surface area contributed by atoms with E-state index in [2.05, 4.69) is 22.5 Å². The van der Waals surface area contributed by atoms with Crippen LogP contribution in [-0.2, 0) is 4.79 Å². The third kappa shape index (κ3) is 2.57. The maximum Gasteiger partial charge on any atom is 0.151 e. The first-order chi connectivity index (χ1) is 5.36. The van der Waals surface area contributed by atoms with E-state index in [0.717, 1.165) is 32.6 Å². The van der Waals surface area contributed by atoms with Gasteiger partial charge in [-0.05, 0) is 6.42 Å². The topological polar surface area (TPSA) is 44.4 Å². The van der Waals surface area contributed by atoms with Gasteiger partial charge in [0.25, 0.3) is 0 Å². The molecule has 0 radical (unpaired) electrons. The van der Waals surface area contributed by atoms with Gasteiger partial charge in [-0.1, -0.05) is 6.92 Å². The summed E-state index contributed by atoms with van der Waals surface area (Å²) >= 11 is 0. The summed E-state index contributed by atoms with van der Waals surface area (Å²) in [5.74, 6) is 0. The molecule has 0 aliphatic carbocycles. The molecule has 1 heterocycles. The Bertz CT molecular complexity index is 121. The van der Waals surface area contributed by atoms with Crippen LogP contribution in [0.5, 0.6) is 0 Å². The third-order valence-corrected chi connectivity index (χ3v) is 1.75. The molecule has 64 valence electrons. The van der Waals surface area contributed by atoms with Crippen molar-refractivity contribution in [3.05, 3.63) is 0 Å². The SMILES string of the molecule is CCCN1CNC(C=O)NC1. The Morgan fingerprint density at radius 3 is 2.64 bits per heavy atom. The second-order valence-corrected chi connectivity index (χ2v) is 2.73. The summed E-state index contributed by atoms with van der Waals surface area (Å²) in [5, 5.41) is 6.10. The lowest BCUT2D eigenvalue weighted by Crippen LogP contribution is -2.58. The van der Waals surface area contributed by atoms with Crippen molar-refractivity contribution < 1.29 is 4.79 Å². The minimum absolute atomic E-state index is 0.150. The van der Waals surface area contributed by atoms with Gasteiger partial charge in [-0.3, -0.25) is 15.5 Å². The second kappa shape index (κ2) is 4.43. The average molecular weight is 157 g/mol. The van der Waals surface area contributed by atoms with E-state index in [9.17, 15) is 4.79 Å². The second-order valence-electron chi connectivity index (χ2n) is 2.73. The Morgan fingerprint density at radius 1 is 1.55 bits per heavy atom. The average Bonchev–Trinajstić information content (AvgIpc) is 2.07. The van der Waals surface area contributed by atoms with Crippen molar-refractivity contribution >= 4 is 6.29 Å². The number of hydrogen-bond donors (Lipinski definition) is 2. The minimum atomic E-state index is -0.150. The highest BCUT2D eigenvalue weighted by atomic mass is 16.1. The molecule has 1 fully saturated rings. The van der Waals surface area contributed by atoms with Crippen LogP contribution in [0.4, 0.5) is 0 Å². The summed E-state index contributed by atoms with van der Waals surface area (Å²) in [4.78, 5) is 12.5. The molecule has 11 heavy (non-hydrogen) atoms. The predicted molar refractivity (Wildman–Crippen MR) is 42.9 cm³/mol. The van der Waals surface area contributed by atoms with Crippen molar-refractivity contribution in [1.29, 1.82) is 0 Å². The summed E-state index contributed by atoms with van der Waals surface area (Å²) in [6, 6.07) is 0. The molecule has 0 aromatic carbocycles. The summed E-state index contributed by atoms with van der Waals surface area (Å²) in [6.07, 6.45) is 1.89. The Morgan fingerprint density at radius 2 is 2.18 bits per heavy atom. The summed E-state index contributed by atoms with van der Waals surface area (Å²) in [6.45, 7) is 4.84. The monoisotopic (exact) mass is 157 g/mol. The van der Waals surface area contributed by atoms with E-state index < -0.39 is 0 Å². The van der Waals surface area contributed by atoms with Crippen LogP contribution in [-0.4, -0.2) is 37.2 Å². The lowest BCUT2D eigenvalue weighted by molar-refractivity contribution is -0.111. The first-order valence-corrected chi connectivity index (χ1v) is 4.01. The first kappa shape index (κ1) is 8.64. The molecule has 1 aliphatic heterocycles. The maximum atomic E-state index is 10.3. The van der Waals surface area contributed by atoms with Crippen LogP contribution in [0.15, 0.2) is 0 Å². The van der Waals surface area contributed by atoms with Crippen molar-refractivity contribution in [2.75, 3.05) is 19.9 Å². The number of aldehydes is 1. The Hall–Kier alpha value is -0.450. The van der Waals surface area contributed by atoms with Gasteiger partial charge in [0.05, 0.1) is 13.3 Å². The van der Waals surface area contributed by atoms with E-state index in [0.29, 0.717) is 0 Å². The number of carbonyl (C=O) groups is 1. The van der Waals surface area contributed by atoms with Crippen LogP contribution >= 0.6 is 0 Å². The Labute approximate surface area is 66.9 Å². The van der Waals surface area contributed by atoms with E-state index in [4.69, 9.17) is 0 Å². The van der Waals surface area contributed by atoms with E-state index in [-0.39, 0.29) is 6.17 Å². The normalized spacial score (nSPS) is 21.9. The van der Waals surface area contributed by atoms with E-state index in [1.165, 1.54) is 0 Å². The van der Waals surface area contributed by atoms with Gasteiger partial charge in [0.2, 0.25) is 0 Å². The first-order valence-electron chi connectivity index (χ1n) is 4.01. The summed E-state index contributed by atoms with van der Waals surface area (Å²) in [5.41, 5.74) is 0. The van der Waals surface area contributed by atoms with Gasteiger partial charge in [-0.25, -0.2) is 0 Å². The standard InChI is InChI=1S/C7H15N3O/c1-2-3-10-5-8-7(4-11)9-6-10/h4,7-9H,2-3,5-6H2,1H3. The highest BCUT2D eigenvalue weighted by Gasteiger charge is 2.14. The van der Waals surface area contributed by atoms with E-state index in [1.54, 1.807) is 0 Å². The van der Waals surface area contributed by atoms with E-state index >= 15 is 0 Å². The lowest BCUT2D eigenvalue weighted by atomic mass is 10.4. The Kier molecular flexibility index (Phi) is 3.48. The lowest BCUT2D eigenvalue weighted by Gasteiger charge is -2.31. The van der Waals surface area contributed by atoms with Crippen LogP contribution in [0.25, 0.3) is 0 Å². The fraction of sp³-hybridized carbons (Fsp3) is 0.857.